The lowest BCUT2D eigenvalue weighted by Gasteiger charge is -2.08. The molecule has 1 aromatic carbocycles. The fourth-order valence-corrected chi connectivity index (χ4v) is 3.53. The van der Waals surface area contributed by atoms with Crippen molar-refractivity contribution in [2.75, 3.05) is 5.32 Å². The zero-order valence-corrected chi connectivity index (χ0v) is 15.5. The van der Waals surface area contributed by atoms with E-state index in [1.807, 2.05) is 28.8 Å². The Morgan fingerprint density at radius 2 is 1.96 bits per heavy atom. The van der Waals surface area contributed by atoms with Crippen LogP contribution in [0.3, 0.4) is 0 Å². The number of anilines is 1. The third-order valence-corrected chi connectivity index (χ3v) is 4.94. The normalized spacial score (nSPS) is 13.6. The third kappa shape index (κ3) is 3.03. The maximum Gasteiger partial charge on any atom is 0.222 e. The number of nitrogens with zero attached hydrogens (tertiary/aromatic N) is 4. The summed E-state index contributed by atoms with van der Waals surface area (Å²) in [4.78, 5) is 20.5. The molecule has 0 saturated heterocycles. The van der Waals surface area contributed by atoms with Crippen LogP contribution in [0.2, 0.25) is 0 Å². The Bertz CT molecular complexity index is 1190. The number of rotatable bonds is 4. The summed E-state index contributed by atoms with van der Waals surface area (Å²) >= 11 is 0. The van der Waals surface area contributed by atoms with Gasteiger partial charge in [0.05, 0.1) is 5.69 Å². The number of imidazole rings is 1. The van der Waals surface area contributed by atoms with Crippen LogP contribution in [-0.4, -0.2) is 25.5 Å². The Hall–Kier alpha value is -3.54. The first-order valence-corrected chi connectivity index (χ1v) is 9.37. The molecule has 1 fully saturated rings. The first kappa shape index (κ1) is 16.6. The molecule has 0 radical (unpaired) electrons. The largest absolute Gasteiger partial charge is 0.311 e. The van der Waals surface area contributed by atoms with Crippen molar-refractivity contribution in [1.82, 2.24) is 19.6 Å². The van der Waals surface area contributed by atoms with Crippen LogP contribution in [0, 0.1) is 0 Å². The molecule has 28 heavy (non-hydrogen) atoms. The van der Waals surface area contributed by atoms with Gasteiger partial charge in [-0.2, -0.15) is 5.10 Å². The van der Waals surface area contributed by atoms with Gasteiger partial charge >= 0.3 is 0 Å². The molecular weight excluding hydrogens is 350 g/mol. The average Bonchev–Trinajstić information content (AvgIpc) is 3.48. The van der Waals surface area contributed by atoms with Gasteiger partial charge in [-0.15, -0.1) is 0 Å². The Kier molecular flexibility index (Phi) is 3.90. The topological polar surface area (TPSA) is 72.2 Å². The molecule has 0 aliphatic heterocycles. The molecule has 3 aromatic heterocycles. The van der Waals surface area contributed by atoms with Crippen LogP contribution >= 0.6 is 0 Å². The summed E-state index contributed by atoms with van der Waals surface area (Å²) in [5, 5.41) is 7.26. The Morgan fingerprint density at radius 3 is 2.79 bits per heavy atom. The van der Waals surface area contributed by atoms with E-state index in [0.717, 1.165) is 28.2 Å². The number of hydrogen-bond acceptors (Lipinski definition) is 4. The average molecular weight is 369 g/mol. The predicted octanol–water partition coefficient (Wildman–Crippen LogP) is 4.29. The number of carbonyl (C=O) groups is 1. The first-order chi connectivity index (χ1) is 13.7. The van der Waals surface area contributed by atoms with Gasteiger partial charge in [-0.25, -0.2) is 14.5 Å². The molecule has 3 heterocycles. The molecule has 138 valence electrons. The van der Waals surface area contributed by atoms with Crippen molar-refractivity contribution in [3.05, 3.63) is 66.5 Å². The van der Waals surface area contributed by atoms with Crippen LogP contribution in [0.15, 0.2) is 60.9 Å². The van der Waals surface area contributed by atoms with Gasteiger partial charge in [0.1, 0.15) is 11.5 Å². The molecule has 0 bridgehead atoms. The van der Waals surface area contributed by atoms with E-state index in [4.69, 9.17) is 4.98 Å². The van der Waals surface area contributed by atoms with Crippen LogP contribution in [0.5, 0.6) is 0 Å². The van der Waals surface area contributed by atoms with Gasteiger partial charge < -0.3 is 5.32 Å². The molecule has 1 N–H and O–H groups in total. The number of amides is 1. The Labute approximate surface area is 162 Å². The predicted molar refractivity (Wildman–Crippen MR) is 108 cm³/mol. The zero-order chi connectivity index (χ0) is 19.1. The van der Waals surface area contributed by atoms with Crippen molar-refractivity contribution in [2.24, 2.45) is 0 Å². The third-order valence-electron chi connectivity index (χ3n) is 4.94. The molecule has 6 nitrogen and oxygen atoms in total. The van der Waals surface area contributed by atoms with Crippen LogP contribution in [0.4, 0.5) is 5.82 Å². The highest BCUT2D eigenvalue weighted by Crippen LogP contribution is 2.42. The van der Waals surface area contributed by atoms with E-state index >= 15 is 0 Å². The van der Waals surface area contributed by atoms with Crippen molar-refractivity contribution >= 4 is 17.4 Å². The molecule has 0 atom stereocenters. The van der Waals surface area contributed by atoms with Crippen LogP contribution in [-0.2, 0) is 4.79 Å². The van der Waals surface area contributed by atoms with E-state index in [2.05, 4.69) is 39.7 Å². The summed E-state index contributed by atoms with van der Waals surface area (Å²) in [6, 6.07) is 16.2. The highest BCUT2D eigenvalue weighted by atomic mass is 16.1. The maximum atomic E-state index is 11.4. The van der Waals surface area contributed by atoms with E-state index < -0.39 is 0 Å². The van der Waals surface area contributed by atoms with Gasteiger partial charge in [-0.1, -0.05) is 18.2 Å². The Morgan fingerprint density at radius 1 is 1.07 bits per heavy atom. The van der Waals surface area contributed by atoms with Crippen LogP contribution in [0.25, 0.3) is 28.2 Å². The highest BCUT2D eigenvalue weighted by molar-refractivity contribution is 5.89. The second kappa shape index (κ2) is 6.56. The summed E-state index contributed by atoms with van der Waals surface area (Å²) in [5.74, 6) is 1.03. The summed E-state index contributed by atoms with van der Waals surface area (Å²) < 4.78 is 1.84. The fraction of sp³-hybridized carbons (Fsp3) is 0.182. The van der Waals surface area contributed by atoms with Crippen molar-refractivity contribution in [1.29, 1.82) is 0 Å². The van der Waals surface area contributed by atoms with Gasteiger partial charge in [-0.3, -0.25) is 4.79 Å². The minimum Gasteiger partial charge on any atom is -0.311 e. The van der Waals surface area contributed by atoms with Crippen molar-refractivity contribution in [2.45, 2.75) is 25.7 Å². The highest BCUT2D eigenvalue weighted by Gasteiger charge is 2.24. The molecule has 1 aliphatic carbocycles. The molecule has 1 aliphatic rings. The second-order valence-electron chi connectivity index (χ2n) is 7.11. The SMILES string of the molecule is CC(=O)Nc1cc(-c2c(-c3cccc(C4CC4)c3)nc3cccnn23)ccn1. The number of hydrogen-bond donors (Lipinski definition) is 1. The van der Waals surface area contributed by atoms with Gasteiger partial charge in [0.15, 0.2) is 5.65 Å². The number of benzene rings is 1. The van der Waals surface area contributed by atoms with Crippen LogP contribution in [0.1, 0.15) is 31.2 Å². The lowest BCUT2D eigenvalue weighted by Crippen LogP contribution is -2.07. The lowest BCUT2D eigenvalue weighted by molar-refractivity contribution is -0.114. The quantitative estimate of drug-likeness (QED) is 0.582. The number of aromatic nitrogens is 4. The van der Waals surface area contributed by atoms with Crippen molar-refractivity contribution in [3.63, 3.8) is 0 Å². The van der Waals surface area contributed by atoms with Gasteiger partial charge in [-0.05, 0) is 54.7 Å². The van der Waals surface area contributed by atoms with Gasteiger partial charge in [0.25, 0.3) is 0 Å². The summed E-state index contributed by atoms with van der Waals surface area (Å²) in [7, 11) is 0. The summed E-state index contributed by atoms with van der Waals surface area (Å²) in [6.45, 7) is 1.47. The molecule has 1 saturated carbocycles. The molecule has 5 rings (SSSR count). The van der Waals surface area contributed by atoms with Crippen LogP contribution < -0.4 is 5.32 Å². The Balaban J connectivity index is 1.71. The van der Waals surface area contributed by atoms with E-state index in [1.165, 1.54) is 25.3 Å². The van der Waals surface area contributed by atoms with E-state index in [1.54, 1.807) is 12.4 Å². The van der Waals surface area contributed by atoms with E-state index in [9.17, 15) is 4.79 Å². The smallest absolute Gasteiger partial charge is 0.222 e. The number of carbonyl (C=O) groups excluding carboxylic acids is 1. The van der Waals surface area contributed by atoms with E-state index in [-0.39, 0.29) is 5.91 Å². The molecule has 6 heteroatoms. The lowest BCUT2D eigenvalue weighted by atomic mass is 10.0. The molecule has 0 unspecified atom stereocenters. The minimum absolute atomic E-state index is 0.154. The van der Waals surface area contributed by atoms with Crippen molar-refractivity contribution < 1.29 is 4.79 Å². The maximum absolute atomic E-state index is 11.4. The fourth-order valence-electron chi connectivity index (χ4n) is 3.53. The van der Waals surface area contributed by atoms with Gasteiger partial charge in [0.2, 0.25) is 5.91 Å². The first-order valence-electron chi connectivity index (χ1n) is 9.37. The standard InChI is InChI=1S/C22H19N5O/c1-14(28)25-19-13-18(9-11-23-19)22-21(26-20-6-3-10-24-27(20)22)17-5-2-4-16(12-17)15-7-8-15/h2-6,9-13,15H,7-8H2,1H3,(H,23,25,28). The van der Waals surface area contributed by atoms with E-state index in [0.29, 0.717) is 11.7 Å². The molecular formula is C22H19N5O. The van der Waals surface area contributed by atoms with Crippen molar-refractivity contribution in [3.8, 4) is 22.5 Å². The number of fused-ring (bicyclic) bond motifs is 1. The molecule has 0 spiro atoms. The minimum atomic E-state index is -0.154. The number of pyridine rings is 1. The molecule has 1 amide bonds. The second-order valence-corrected chi connectivity index (χ2v) is 7.11. The monoisotopic (exact) mass is 369 g/mol. The summed E-state index contributed by atoms with van der Waals surface area (Å²) in [6.07, 6.45) is 5.95. The molecule has 4 aromatic rings. The zero-order valence-electron chi connectivity index (χ0n) is 15.5. The van der Waals surface area contributed by atoms with Gasteiger partial charge in [0, 0.05) is 30.4 Å². The summed E-state index contributed by atoms with van der Waals surface area (Å²) in [5.41, 5.74) is 5.88. The number of nitrogens with one attached hydrogen (secondary N) is 1.